The topological polar surface area (TPSA) is 122 Å². The molecule has 0 bridgehead atoms. The van der Waals surface area contributed by atoms with E-state index in [1.807, 2.05) is 0 Å². The summed E-state index contributed by atoms with van der Waals surface area (Å²) in [5, 5.41) is 22.7. The van der Waals surface area contributed by atoms with Gasteiger partial charge in [0, 0.05) is 16.7 Å². The van der Waals surface area contributed by atoms with Crippen molar-refractivity contribution >= 4 is 40.8 Å². The first-order valence-electron chi connectivity index (χ1n) is 9.42. The van der Waals surface area contributed by atoms with E-state index < -0.39 is 27.2 Å². The van der Waals surface area contributed by atoms with Crippen molar-refractivity contribution in [3.8, 4) is 11.5 Å². The van der Waals surface area contributed by atoms with Crippen LogP contribution in [-0.4, -0.2) is 15.8 Å². The van der Waals surface area contributed by atoms with Crippen LogP contribution in [0.4, 0.5) is 11.4 Å². The van der Waals surface area contributed by atoms with Gasteiger partial charge in [0.15, 0.2) is 0 Å². The normalized spacial score (nSPS) is 14.0. The number of nitro groups is 2. The molecule has 0 aliphatic carbocycles. The van der Waals surface area contributed by atoms with Gasteiger partial charge in [-0.3, -0.25) is 20.2 Å². The number of hydrogen-bond donors (Lipinski definition) is 0. The molecule has 0 amide bonds. The van der Waals surface area contributed by atoms with Crippen LogP contribution in [-0.2, 0) is 9.53 Å². The summed E-state index contributed by atoms with van der Waals surface area (Å²) in [6.07, 6.45) is 3.25. The molecule has 10 heteroatoms. The van der Waals surface area contributed by atoms with E-state index in [9.17, 15) is 25.0 Å². The lowest BCUT2D eigenvalue weighted by Crippen LogP contribution is -1.97. The molecule has 3 aromatic carbocycles. The van der Waals surface area contributed by atoms with Crippen molar-refractivity contribution in [2.45, 2.75) is 0 Å². The molecule has 164 valence electrons. The Morgan fingerprint density at radius 3 is 2.24 bits per heavy atom. The lowest BCUT2D eigenvalue weighted by atomic mass is 10.1. The molecule has 0 spiro atoms. The monoisotopic (exact) mass is 464 g/mol. The van der Waals surface area contributed by atoms with Gasteiger partial charge < -0.3 is 9.47 Å². The van der Waals surface area contributed by atoms with E-state index in [4.69, 9.17) is 21.1 Å². The number of nitrogens with zero attached hydrogens (tertiary/aromatic N) is 2. The molecule has 0 saturated heterocycles. The van der Waals surface area contributed by atoms with E-state index in [1.165, 1.54) is 6.07 Å². The van der Waals surface area contributed by atoms with E-state index in [2.05, 4.69) is 0 Å². The maximum Gasteiger partial charge on any atom is 0.343 e. The summed E-state index contributed by atoms with van der Waals surface area (Å²) in [7, 11) is 0. The van der Waals surface area contributed by atoms with Gasteiger partial charge in [-0.15, -0.1) is 0 Å². The van der Waals surface area contributed by atoms with Crippen molar-refractivity contribution in [2.75, 3.05) is 0 Å². The number of cyclic esters (lactones) is 1. The molecule has 0 saturated carbocycles. The van der Waals surface area contributed by atoms with Crippen LogP contribution in [0, 0.1) is 20.2 Å². The Balaban J connectivity index is 1.54. The van der Waals surface area contributed by atoms with Crippen LogP contribution in [0.1, 0.15) is 11.1 Å². The Labute approximate surface area is 191 Å². The summed E-state index contributed by atoms with van der Waals surface area (Å²) in [6.45, 7) is 0. The Morgan fingerprint density at radius 2 is 1.61 bits per heavy atom. The van der Waals surface area contributed by atoms with Gasteiger partial charge in [0.2, 0.25) is 5.75 Å². The SMILES string of the molecule is O=C1OC(c2ccc(Cl)cc2)=C/C1=C\c1ccc(Oc2ccc([N+](=O)[O-])cc2[N+](=O)[O-])cc1. The van der Waals surface area contributed by atoms with Crippen LogP contribution < -0.4 is 4.74 Å². The fraction of sp³-hybridized carbons (Fsp3) is 0. The number of hydrogen-bond acceptors (Lipinski definition) is 7. The predicted octanol–water partition coefficient (Wildman–Crippen LogP) is 5.93. The van der Waals surface area contributed by atoms with Crippen LogP contribution >= 0.6 is 11.6 Å². The molecule has 0 radical (unpaired) electrons. The van der Waals surface area contributed by atoms with Crippen molar-refractivity contribution < 1.29 is 24.1 Å². The minimum atomic E-state index is -0.753. The molecule has 1 heterocycles. The van der Waals surface area contributed by atoms with Crippen LogP contribution in [0.3, 0.4) is 0 Å². The maximum absolute atomic E-state index is 12.2. The van der Waals surface area contributed by atoms with E-state index in [1.54, 1.807) is 60.7 Å². The number of carbonyl (C=O) groups is 1. The van der Waals surface area contributed by atoms with Crippen LogP contribution in [0.2, 0.25) is 5.02 Å². The summed E-state index contributed by atoms with van der Waals surface area (Å²) in [6, 6.07) is 16.4. The standard InChI is InChI=1S/C23H13ClN2O7/c24-17-5-3-15(4-6-17)22-12-16(23(27)33-22)11-14-1-8-19(9-2-14)32-21-10-7-18(25(28)29)13-20(21)26(30)31/h1-13H/b16-11+. The fourth-order valence-electron chi connectivity index (χ4n) is 3.03. The zero-order valence-corrected chi connectivity index (χ0v) is 17.4. The molecule has 0 atom stereocenters. The summed E-state index contributed by atoms with van der Waals surface area (Å²) in [5.41, 5.74) is 0.791. The van der Waals surface area contributed by atoms with Gasteiger partial charge in [-0.05, 0) is 60.2 Å². The lowest BCUT2D eigenvalue weighted by Gasteiger charge is -2.06. The number of halogens is 1. The highest BCUT2D eigenvalue weighted by molar-refractivity contribution is 6.30. The molecule has 3 aromatic rings. The van der Waals surface area contributed by atoms with Gasteiger partial charge in [0.1, 0.15) is 11.5 Å². The lowest BCUT2D eigenvalue weighted by molar-refractivity contribution is -0.394. The van der Waals surface area contributed by atoms with Gasteiger partial charge in [-0.25, -0.2) is 4.79 Å². The third kappa shape index (κ3) is 4.89. The summed E-state index contributed by atoms with van der Waals surface area (Å²) in [4.78, 5) is 32.8. The minimum absolute atomic E-state index is 0.133. The minimum Gasteiger partial charge on any atom is -0.450 e. The van der Waals surface area contributed by atoms with Gasteiger partial charge in [0.05, 0.1) is 21.5 Å². The van der Waals surface area contributed by atoms with Gasteiger partial charge in [-0.1, -0.05) is 23.7 Å². The molecular weight excluding hydrogens is 452 g/mol. The smallest absolute Gasteiger partial charge is 0.343 e. The van der Waals surface area contributed by atoms with Crippen molar-refractivity contribution in [3.63, 3.8) is 0 Å². The highest BCUT2D eigenvalue weighted by atomic mass is 35.5. The largest absolute Gasteiger partial charge is 0.450 e. The molecule has 9 nitrogen and oxygen atoms in total. The number of ether oxygens (including phenoxy) is 2. The molecule has 33 heavy (non-hydrogen) atoms. The van der Waals surface area contributed by atoms with E-state index in [-0.39, 0.29) is 11.5 Å². The van der Waals surface area contributed by atoms with E-state index in [0.29, 0.717) is 27.5 Å². The molecular formula is C23H13ClN2O7. The quantitative estimate of drug-likeness (QED) is 0.192. The number of carbonyl (C=O) groups excluding carboxylic acids is 1. The number of non-ortho nitro benzene ring substituents is 1. The third-order valence-corrected chi connectivity index (χ3v) is 4.89. The summed E-state index contributed by atoms with van der Waals surface area (Å²) < 4.78 is 10.8. The van der Waals surface area contributed by atoms with Crippen LogP contribution in [0.15, 0.2) is 78.4 Å². The Bertz CT molecular complexity index is 1330. The molecule has 1 aliphatic heterocycles. The molecule has 0 N–H and O–H groups in total. The van der Waals surface area contributed by atoms with Crippen molar-refractivity contribution in [2.24, 2.45) is 0 Å². The number of esters is 1. The Hall–Kier alpha value is -4.50. The van der Waals surface area contributed by atoms with Gasteiger partial charge >= 0.3 is 11.7 Å². The average Bonchev–Trinajstić information content (AvgIpc) is 3.15. The van der Waals surface area contributed by atoms with Crippen molar-refractivity contribution in [1.82, 2.24) is 0 Å². The molecule has 0 fully saturated rings. The average molecular weight is 465 g/mol. The molecule has 0 aromatic heterocycles. The first-order valence-corrected chi connectivity index (χ1v) is 9.80. The van der Waals surface area contributed by atoms with E-state index in [0.717, 1.165) is 12.1 Å². The van der Waals surface area contributed by atoms with Gasteiger partial charge in [-0.2, -0.15) is 0 Å². The molecule has 4 rings (SSSR count). The molecule has 0 unspecified atom stereocenters. The number of nitro benzene ring substituents is 2. The third-order valence-electron chi connectivity index (χ3n) is 4.63. The highest BCUT2D eigenvalue weighted by Gasteiger charge is 2.23. The Kier molecular flexibility index (Phi) is 5.88. The molecule has 1 aliphatic rings. The zero-order chi connectivity index (χ0) is 23.5. The fourth-order valence-corrected chi connectivity index (χ4v) is 3.16. The summed E-state index contributed by atoms with van der Waals surface area (Å²) >= 11 is 5.88. The Morgan fingerprint density at radius 1 is 0.909 bits per heavy atom. The maximum atomic E-state index is 12.2. The second-order valence-corrected chi connectivity index (χ2v) is 7.28. The van der Waals surface area contributed by atoms with Crippen LogP contribution in [0.25, 0.3) is 11.8 Å². The van der Waals surface area contributed by atoms with Crippen molar-refractivity contribution in [1.29, 1.82) is 0 Å². The highest BCUT2D eigenvalue weighted by Crippen LogP contribution is 2.35. The van der Waals surface area contributed by atoms with Crippen LogP contribution in [0.5, 0.6) is 11.5 Å². The predicted molar refractivity (Wildman–Crippen MR) is 120 cm³/mol. The second-order valence-electron chi connectivity index (χ2n) is 6.84. The second kappa shape index (κ2) is 8.93. The summed E-state index contributed by atoms with van der Waals surface area (Å²) in [5.74, 6) is 0.0576. The van der Waals surface area contributed by atoms with Crippen molar-refractivity contribution in [3.05, 3.63) is 115 Å². The first kappa shape index (κ1) is 21.7. The van der Waals surface area contributed by atoms with Gasteiger partial charge in [0.25, 0.3) is 5.69 Å². The first-order chi connectivity index (χ1) is 15.8. The number of rotatable bonds is 6. The zero-order valence-electron chi connectivity index (χ0n) is 16.6. The van der Waals surface area contributed by atoms with E-state index >= 15 is 0 Å². The number of benzene rings is 3.